The zero-order chi connectivity index (χ0) is 17.1. The van der Waals surface area contributed by atoms with E-state index in [1.165, 1.54) is 23.2 Å². The molecule has 1 aromatic rings. The maximum absolute atomic E-state index is 12.6. The van der Waals surface area contributed by atoms with Crippen molar-refractivity contribution in [1.82, 2.24) is 20.1 Å². The standard InChI is InChI=1S/C16H24N4O3/c1-10(2)12-8-20(9-13(12)18-16(23)19(3)4)15(22)11-5-6-14(21)17-7-11/h5-7,10,12-13H,8-9H2,1-4H3,(H,17,21)(H,18,23). The third-order valence-corrected chi connectivity index (χ3v) is 4.25. The molecule has 7 heteroatoms. The SMILES string of the molecule is CC(C)C1CN(C(=O)c2ccc(=O)[nH]c2)CC1NC(=O)N(C)C. The average Bonchev–Trinajstić information content (AvgIpc) is 2.91. The van der Waals surface area contributed by atoms with E-state index >= 15 is 0 Å². The van der Waals surface area contributed by atoms with Gasteiger partial charge < -0.3 is 20.1 Å². The van der Waals surface area contributed by atoms with Gasteiger partial charge in [0, 0.05) is 45.4 Å². The molecule has 3 amide bonds. The molecule has 0 aromatic carbocycles. The molecule has 0 aliphatic carbocycles. The van der Waals surface area contributed by atoms with Gasteiger partial charge in [-0.25, -0.2) is 4.79 Å². The lowest BCUT2D eigenvalue weighted by Crippen LogP contribution is -2.46. The summed E-state index contributed by atoms with van der Waals surface area (Å²) in [5, 5.41) is 2.99. The Labute approximate surface area is 135 Å². The number of H-pyrrole nitrogens is 1. The second kappa shape index (κ2) is 6.85. The van der Waals surface area contributed by atoms with Gasteiger partial charge in [-0.3, -0.25) is 9.59 Å². The van der Waals surface area contributed by atoms with Gasteiger partial charge in [0.15, 0.2) is 0 Å². The molecule has 0 radical (unpaired) electrons. The van der Waals surface area contributed by atoms with Crippen molar-refractivity contribution in [2.45, 2.75) is 19.9 Å². The summed E-state index contributed by atoms with van der Waals surface area (Å²) in [6, 6.07) is 2.64. The van der Waals surface area contributed by atoms with Crippen molar-refractivity contribution in [1.29, 1.82) is 0 Å². The lowest BCUT2D eigenvalue weighted by Gasteiger charge is -2.24. The molecule has 0 saturated carbocycles. The van der Waals surface area contributed by atoms with Crippen molar-refractivity contribution >= 4 is 11.9 Å². The highest BCUT2D eigenvalue weighted by atomic mass is 16.2. The van der Waals surface area contributed by atoms with Crippen LogP contribution in [-0.2, 0) is 0 Å². The van der Waals surface area contributed by atoms with Gasteiger partial charge in [-0.2, -0.15) is 0 Å². The fraction of sp³-hybridized carbons (Fsp3) is 0.562. The van der Waals surface area contributed by atoms with Crippen LogP contribution in [0.25, 0.3) is 0 Å². The van der Waals surface area contributed by atoms with Gasteiger partial charge in [-0.05, 0) is 12.0 Å². The van der Waals surface area contributed by atoms with Crippen molar-refractivity contribution in [3.63, 3.8) is 0 Å². The number of rotatable bonds is 3. The highest BCUT2D eigenvalue weighted by Gasteiger charge is 2.38. The summed E-state index contributed by atoms with van der Waals surface area (Å²) in [7, 11) is 3.38. The Bertz CT molecular complexity index is 618. The van der Waals surface area contributed by atoms with Crippen molar-refractivity contribution in [2.75, 3.05) is 27.2 Å². The first-order valence-corrected chi connectivity index (χ1v) is 7.75. The fourth-order valence-electron chi connectivity index (χ4n) is 2.84. The molecule has 2 unspecified atom stereocenters. The topological polar surface area (TPSA) is 85.5 Å². The normalized spacial score (nSPS) is 20.7. The van der Waals surface area contributed by atoms with Crippen LogP contribution in [0.4, 0.5) is 4.79 Å². The second-order valence-electron chi connectivity index (χ2n) is 6.51. The number of amides is 3. The van der Waals surface area contributed by atoms with Crippen LogP contribution in [0.1, 0.15) is 24.2 Å². The quantitative estimate of drug-likeness (QED) is 0.861. The molecule has 1 aliphatic rings. The second-order valence-corrected chi connectivity index (χ2v) is 6.51. The van der Waals surface area contributed by atoms with E-state index < -0.39 is 0 Å². The molecule has 0 bridgehead atoms. The largest absolute Gasteiger partial charge is 0.336 e. The molecule has 2 rings (SSSR count). The molecule has 1 saturated heterocycles. The van der Waals surface area contributed by atoms with Crippen LogP contribution in [0.5, 0.6) is 0 Å². The number of hydrogen-bond donors (Lipinski definition) is 2. The Morgan fingerprint density at radius 3 is 2.52 bits per heavy atom. The maximum Gasteiger partial charge on any atom is 0.317 e. The first-order chi connectivity index (χ1) is 10.8. The first kappa shape index (κ1) is 17.1. The molecular weight excluding hydrogens is 296 g/mol. The predicted octanol–water partition coefficient (Wildman–Crippen LogP) is 0.743. The Hall–Kier alpha value is -2.31. The van der Waals surface area contributed by atoms with Gasteiger partial charge in [0.1, 0.15) is 0 Å². The number of carbonyl (C=O) groups is 2. The highest BCUT2D eigenvalue weighted by Crippen LogP contribution is 2.25. The van der Waals surface area contributed by atoms with Crippen molar-refractivity contribution in [3.8, 4) is 0 Å². The molecule has 0 spiro atoms. The van der Waals surface area contributed by atoms with Crippen LogP contribution in [0.15, 0.2) is 23.1 Å². The number of pyridine rings is 1. The number of aromatic nitrogens is 1. The Balaban J connectivity index is 2.12. The van der Waals surface area contributed by atoms with Crippen LogP contribution in [0.2, 0.25) is 0 Å². The van der Waals surface area contributed by atoms with Crippen LogP contribution < -0.4 is 10.9 Å². The summed E-state index contributed by atoms with van der Waals surface area (Å²) in [4.78, 5) is 41.3. The minimum absolute atomic E-state index is 0.0726. The predicted molar refractivity (Wildman–Crippen MR) is 87.3 cm³/mol. The van der Waals surface area contributed by atoms with Crippen molar-refractivity contribution < 1.29 is 9.59 Å². The number of aromatic amines is 1. The lowest BCUT2D eigenvalue weighted by molar-refractivity contribution is 0.0782. The van der Waals surface area contributed by atoms with E-state index in [9.17, 15) is 14.4 Å². The van der Waals surface area contributed by atoms with Gasteiger partial charge in [0.05, 0.1) is 11.6 Å². The molecule has 7 nitrogen and oxygen atoms in total. The summed E-state index contributed by atoms with van der Waals surface area (Å²) >= 11 is 0. The van der Waals surface area contributed by atoms with Crippen molar-refractivity contribution in [2.24, 2.45) is 11.8 Å². The fourth-order valence-corrected chi connectivity index (χ4v) is 2.84. The Morgan fingerprint density at radius 1 is 1.30 bits per heavy atom. The zero-order valence-corrected chi connectivity index (χ0v) is 14.0. The van der Waals surface area contributed by atoms with E-state index in [0.29, 0.717) is 24.6 Å². The number of carbonyl (C=O) groups excluding carboxylic acids is 2. The Morgan fingerprint density at radius 2 is 2.00 bits per heavy atom. The van der Waals surface area contributed by atoms with E-state index in [1.54, 1.807) is 19.0 Å². The van der Waals surface area contributed by atoms with Gasteiger partial charge in [0.25, 0.3) is 5.91 Å². The minimum atomic E-state index is -0.237. The monoisotopic (exact) mass is 320 g/mol. The molecule has 1 aliphatic heterocycles. The van der Waals surface area contributed by atoms with Crippen LogP contribution >= 0.6 is 0 Å². The smallest absolute Gasteiger partial charge is 0.317 e. The molecule has 1 aromatic heterocycles. The summed E-state index contributed by atoms with van der Waals surface area (Å²) in [5.41, 5.74) is 0.214. The van der Waals surface area contributed by atoms with E-state index in [4.69, 9.17) is 0 Å². The number of nitrogens with one attached hydrogen (secondary N) is 2. The molecular formula is C16H24N4O3. The molecule has 1 fully saturated rings. The minimum Gasteiger partial charge on any atom is -0.336 e. The zero-order valence-electron chi connectivity index (χ0n) is 14.0. The van der Waals surface area contributed by atoms with Gasteiger partial charge in [0.2, 0.25) is 5.56 Å². The lowest BCUT2D eigenvalue weighted by atomic mass is 9.91. The number of hydrogen-bond acceptors (Lipinski definition) is 3. The summed E-state index contributed by atoms with van der Waals surface area (Å²) in [6.45, 7) is 5.25. The molecule has 2 N–H and O–H groups in total. The van der Waals surface area contributed by atoms with E-state index in [-0.39, 0.29) is 29.5 Å². The highest BCUT2D eigenvalue weighted by molar-refractivity contribution is 5.94. The summed E-state index contributed by atoms with van der Waals surface area (Å²) in [6.07, 6.45) is 1.43. The third kappa shape index (κ3) is 3.91. The number of urea groups is 1. The van der Waals surface area contributed by atoms with Gasteiger partial charge >= 0.3 is 6.03 Å². The van der Waals surface area contributed by atoms with Crippen LogP contribution in [-0.4, -0.2) is 59.9 Å². The van der Waals surface area contributed by atoms with E-state index in [0.717, 1.165) is 0 Å². The Kier molecular flexibility index (Phi) is 5.08. The first-order valence-electron chi connectivity index (χ1n) is 7.75. The maximum atomic E-state index is 12.6. The van der Waals surface area contributed by atoms with Crippen molar-refractivity contribution in [3.05, 3.63) is 34.2 Å². The van der Waals surface area contributed by atoms with Gasteiger partial charge in [-0.1, -0.05) is 13.8 Å². The third-order valence-electron chi connectivity index (χ3n) is 4.25. The van der Waals surface area contributed by atoms with E-state index in [2.05, 4.69) is 24.1 Å². The van der Waals surface area contributed by atoms with Crippen LogP contribution in [0, 0.1) is 11.8 Å². The number of likely N-dealkylation sites (tertiary alicyclic amines) is 1. The van der Waals surface area contributed by atoms with E-state index in [1.807, 2.05) is 0 Å². The molecule has 2 atom stereocenters. The summed E-state index contributed by atoms with van der Waals surface area (Å²) in [5.74, 6) is 0.412. The van der Waals surface area contributed by atoms with Crippen LogP contribution in [0.3, 0.4) is 0 Å². The molecule has 126 valence electrons. The summed E-state index contributed by atoms with van der Waals surface area (Å²) < 4.78 is 0. The van der Waals surface area contributed by atoms with Gasteiger partial charge in [-0.15, -0.1) is 0 Å². The molecule has 23 heavy (non-hydrogen) atoms. The average molecular weight is 320 g/mol. The number of nitrogens with zero attached hydrogens (tertiary/aromatic N) is 2. The molecule has 2 heterocycles.